The van der Waals surface area contributed by atoms with Gasteiger partial charge in [-0.2, -0.15) is 0 Å². The maximum atomic E-state index is 7.22. The van der Waals surface area contributed by atoms with Gasteiger partial charge in [-0.1, -0.05) is 18.2 Å². The van der Waals surface area contributed by atoms with E-state index in [-0.39, 0.29) is 0 Å². The molecule has 0 fully saturated rings. The third kappa shape index (κ3) is 3.37. The quantitative estimate of drug-likeness (QED) is 0.781. The van der Waals surface area contributed by atoms with Crippen LogP contribution in [0, 0.1) is 13.1 Å². The molecule has 0 saturated heterocycles. The lowest BCUT2D eigenvalue weighted by Crippen LogP contribution is -2.18. The van der Waals surface area contributed by atoms with Gasteiger partial charge in [-0.25, -0.2) is 22.8 Å². The fourth-order valence-corrected chi connectivity index (χ4v) is 2.09. The van der Waals surface area contributed by atoms with Crippen LogP contribution in [0.5, 0.6) is 0 Å². The minimum atomic E-state index is -1.28. The summed E-state index contributed by atoms with van der Waals surface area (Å²) in [7, 11) is 3.99. The van der Waals surface area contributed by atoms with E-state index in [0.29, 0.717) is 11.5 Å². The molecule has 0 spiro atoms. The molecule has 4 nitrogen and oxygen atoms in total. The Morgan fingerprint density at radius 2 is 1.68 bits per heavy atom. The van der Waals surface area contributed by atoms with Gasteiger partial charge in [0.2, 0.25) is 0 Å². The Morgan fingerprint density at radius 3 is 2.23 bits per heavy atom. The second-order valence-corrected chi connectivity index (χ2v) is 5.23. The van der Waals surface area contributed by atoms with E-state index in [4.69, 9.17) is 17.9 Å². The molecular formula is C18H17N3O. The summed E-state index contributed by atoms with van der Waals surface area (Å²) in [5.41, 5.74) is 0.874. The largest absolute Gasteiger partial charge is 0.531 e. The second-order valence-electron chi connectivity index (χ2n) is 5.23. The van der Waals surface area contributed by atoms with Crippen LogP contribution in [-0.4, -0.2) is 19.8 Å². The van der Waals surface area contributed by atoms with Gasteiger partial charge < -0.3 is 9.64 Å². The Bertz CT molecular complexity index is 711. The average molecular weight is 291 g/mol. The standard InChI is InChI=1S/C18H17N3O/c1-14-12-18(19-2,20-3)13-17(22-14)11-8-15-6-9-16(10-7-15)21(4)5/h6-13H,1,4-5H3/b11-8+. The first-order chi connectivity index (χ1) is 10.5. The van der Waals surface area contributed by atoms with Crippen LogP contribution in [0.4, 0.5) is 5.69 Å². The monoisotopic (exact) mass is 291 g/mol. The molecule has 0 aliphatic carbocycles. The van der Waals surface area contributed by atoms with Crippen LogP contribution >= 0.6 is 0 Å². The molecule has 0 unspecified atom stereocenters. The van der Waals surface area contributed by atoms with E-state index in [1.807, 2.05) is 49.3 Å². The van der Waals surface area contributed by atoms with Crippen molar-refractivity contribution in [2.24, 2.45) is 0 Å². The molecule has 110 valence electrons. The summed E-state index contributed by atoms with van der Waals surface area (Å²) in [6.45, 7) is 16.2. The van der Waals surface area contributed by atoms with Crippen molar-refractivity contribution in [2.45, 2.75) is 12.6 Å². The molecule has 1 aliphatic rings. The van der Waals surface area contributed by atoms with Crippen LogP contribution in [0.25, 0.3) is 15.8 Å². The summed E-state index contributed by atoms with van der Waals surface area (Å²) < 4.78 is 5.57. The van der Waals surface area contributed by atoms with Crippen LogP contribution in [0.1, 0.15) is 12.5 Å². The van der Waals surface area contributed by atoms with Gasteiger partial charge >= 0.3 is 5.66 Å². The van der Waals surface area contributed by atoms with E-state index < -0.39 is 5.66 Å². The Balaban J connectivity index is 2.22. The number of ether oxygens (including phenoxy) is 1. The maximum absolute atomic E-state index is 7.22. The summed E-state index contributed by atoms with van der Waals surface area (Å²) in [6, 6.07) is 8.08. The predicted octanol–water partition coefficient (Wildman–Crippen LogP) is 4.12. The van der Waals surface area contributed by atoms with Gasteiger partial charge in [0, 0.05) is 19.8 Å². The second kappa shape index (κ2) is 6.20. The number of anilines is 1. The lowest BCUT2D eigenvalue weighted by Gasteiger charge is -2.13. The highest BCUT2D eigenvalue weighted by Gasteiger charge is 2.42. The van der Waals surface area contributed by atoms with Crippen molar-refractivity contribution in [3.63, 3.8) is 0 Å². The molecule has 0 amide bonds. The molecule has 2 rings (SSSR count). The molecule has 0 aromatic heterocycles. The molecule has 1 aliphatic heterocycles. The van der Waals surface area contributed by atoms with Crippen LogP contribution in [0.15, 0.2) is 54.0 Å². The number of benzene rings is 1. The molecule has 1 aromatic rings. The van der Waals surface area contributed by atoms with Crippen LogP contribution in [0.3, 0.4) is 0 Å². The smallest absolute Gasteiger partial charge is 0.461 e. The third-order valence-electron chi connectivity index (χ3n) is 3.26. The highest BCUT2D eigenvalue weighted by Crippen LogP contribution is 2.28. The van der Waals surface area contributed by atoms with Gasteiger partial charge in [-0.15, -0.1) is 0 Å². The van der Waals surface area contributed by atoms with Gasteiger partial charge in [0.1, 0.15) is 23.7 Å². The molecule has 1 heterocycles. The summed E-state index contributed by atoms with van der Waals surface area (Å²) in [5.74, 6) is 1.08. The molecular weight excluding hydrogens is 274 g/mol. The Labute approximate surface area is 131 Å². The predicted molar refractivity (Wildman–Crippen MR) is 88.7 cm³/mol. The van der Waals surface area contributed by atoms with E-state index >= 15 is 0 Å². The number of rotatable bonds is 3. The van der Waals surface area contributed by atoms with Gasteiger partial charge in [0.15, 0.2) is 0 Å². The van der Waals surface area contributed by atoms with Crippen LogP contribution < -0.4 is 4.90 Å². The number of nitrogens with zero attached hydrogens (tertiary/aromatic N) is 3. The highest BCUT2D eigenvalue weighted by atomic mass is 16.5. The highest BCUT2D eigenvalue weighted by molar-refractivity contribution is 5.57. The molecule has 4 heteroatoms. The van der Waals surface area contributed by atoms with Crippen molar-refractivity contribution in [1.82, 2.24) is 0 Å². The van der Waals surface area contributed by atoms with E-state index in [9.17, 15) is 0 Å². The van der Waals surface area contributed by atoms with Crippen LogP contribution in [-0.2, 0) is 4.74 Å². The first kappa shape index (κ1) is 15.4. The molecule has 0 bridgehead atoms. The topological polar surface area (TPSA) is 21.2 Å². The van der Waals surface area contributed by atoms with Crippen molar-refractivity contribution < 1.29 is 4.74 Å². The van der Waals surface area contributed by atoms with Crippen LogP contribution in [0.2, 0.25) is 0 Å². The lowest BCUT2D eigenvalue weighted by molar-refractivity contribution is 0.308. The lowest BCUT2D eigenvalue weighted by atomic mass is 10.1. The van der Waals surface area contributed by atoms with Crippen molar-refractivity contribution in [2.75, 3.05) is 19.0 Å². The fraction of sp³-hybridized carbons (Fsp3) is 0.222. The molecule has 0 N–H and O–H groups in total. The summed E-state index contributed by atoms with van der Waals surface area (Å²) >= 11 is 0. The van der Waals surface area contributed by atoms with E-state index in [1.165, 1.54) is 6.08 Å². The molecule has 0 radical (unpaired) electrons. The summed E-state index contributed by atoms with van der Waals surface area (Å²) in [5, 5.41) is 0. The zero-order valence-electron chi connectivity index (χ0n) is 12.9. The van der Waals surface area contributed by atoms with Gasteiger partial charge in [0.05, 0.1) is 0 Å². The summed E-state index contributed by atoms with van der Waals surface area (Å²) in [4.78, 5) is 8.85. The first-order valence-electron chi connectivity index (χ1n) is 6.81. The van der Waals surface area contributed by atoms with Crippen molar-refractivity contribution in [3.8, 4) is 0 Å². The molecule has 1 aromatic carbocycles. The first-order valence-corrected chi connectivity index (χ1v) is 6.81. The fourth-order valence-electron chi connectivity index (χ4n) is 2.09. The molecule has 0 atom stereocenters. The van der Waals surface area contributed by atoms with Crippen molar-refractivity contribution in [1.29, 1.82) is 0 Å². The van der Waals surface area contributed by atoms with Crippen molar-refractivity contribution in [3.05, 3.63) is 82.4 Å². The van der Waals surface area contributed by atoms with Gasteiger partial charge in [-0.3, -0.25) is 0 Å². The molecule has 0 saturated carbocycles. The zero-order chi connectivity index (χ0) is 16.2. The SMILES string of the molecule is [C-]#[N+]C1([N+]#[C-])C=C(C)OC(/C=C/c2ccc(N(C)C)cc2)=C1. The number of hydrogen-bond donors (Lipinski definition) is 0. The minimum absolute atomic E-state index is 0.517. The Hall–Kier alpha value is -2.98. The number of allylic oxidation sites excluding steroid dienone is 2. The summed E-state index contributed by atoms with van der Waals surface area (Å²) in [6.07, 6.45) is 6.77. The van der Waals surface area contributed by atoms with Crippen molar-refractivity contribution >= 4 is 11.8 Å². The third-order valence-corrected chi connectivity index (χ3v) is 3.26. The zero-order valence-corrected chi connectivity index (χ0v) is 12.9. The minimum Gasteiger partial charge on any atom is -0.461 e. The maximum Gasteiger partial charge on any atom is 0.531 e. The number of hydrogen-bond acceptors (Lipinski definition) is 2. The van der Waals surface area contributed by atoms with E-state index in [2.05, 4.69) is 9.69 Å². The Morgan fingerprint density at radius 1 is 1.05 bits per heavy atom. The normalized spacial score (nSPS) is 16.0. The Kier molecular flexibility index (Phi) is 4.34. The van der Waals surface area contributed by atoms with Gasteiger partial charge in [0.25, 0.3) is 0 Å². The van der Waals surface area contributed by atoms with E-state index in [1.54, 1.807) is 19.1 Å². The van der Waals surface area contributed by atoms with Gasteiger partial charge in [-0.05, 0) is 30.7 Å². The molecule has 22 heavy (non-hydrogen) atoms. The van der Waals surface area contributed by atoms with E-state index in [0.717, 1.165) is 11.3 Å². The average Bonchev–Trinajstić information content (AvgIpc) is 2.52.